The van der Waals surface area contributed by atoms with Gasteiger partial charge in [0.05, 0.1) is 5.37 Å². The van der Waals surface area contributed by atoms with E-state index in [0.29, 0.717) is 11.4 Å². The van der Waals surface area contributed by atoms with E-state index in [0.717, 1.165) is 18.4 Å². The molecule has 0 radical (unpaired) electrons. The quantitative estimate of drug-likeness (QED) is 0.896. The third-order valence-corrected chi connectivity index (χ3v) is 4.77. The van der Waals surface area contributed by atoms with E-state index in [-0.39, 0.29) is 11.4 Å². The number of rotatable bonds is 4. The Bertz CT molecular complexity index is 535. The zero-order valence-corrected chi connectivity index (χ0v) is 13.0. The number of nitrogens with zero attached hydrogens (tertiary/aromatic N) is 1. The summed E-state index contributed by atoms with van der Waals surface area (Å²) >= 11 is 1.54. The zero-order valence-electron chi connectivity index (χ0n) is 12.2. The highest BCUT2D eigenvalue weighted by molar-refractivity contribution is 8.00. The smallest absolute Gasteiger partial charge is 0.327 e. The molecule has 0 spiro atoms. The van der Waals surface area contributed by atoms with E-state index in [1.54, 1.807) is 6.07 Å². The van der Waals surface area contributed by atoms with Gasteiger partial charge < -0.3 is 10.4 Å². The van der Waals surface area contributed by atoms with Gasteiger partial charge in [-0.15, -0.1) is 11.8 Å². The number of carbonyl (C=O) groups is 2. The SMILES string of the molecule is CCCC1SCC(C(=O)O)N1C(=O)Nc1cccc(C)c1. The Morgan fingerprint density at radius 3 is 2.86 bits per heavy atom. The third-order valence-electron chi connectivity index (χ3n) is 3.42. The number of aryl methyl sites for hydroxylation is 1. The molecule has 1 aromatic carbocycles. The number of nitrogens with one attached hydrogen (secondary N) is 1. The summed E-state index contributed by atoms with van der Waals surface area (Å²) in [4.78, 5) is 25.3. The fraction of sp³-hybridized carbons (Fsp3) is 0.467. The van der Waals surface area contributed by atoms with E-state index < -0.39 is 12.0 Å². The topological polar surface area (TPSA) is 69.6 Å². The van der Waals surface area contributed by atoms with Gasteiger partial charge in [0.15, 0.2) is 0 Å². The third kappa shape index (κ3) is 3.69. The zero-order chi connectivity index (χ0) is 15.4. The first-order chi connectivity index (χ1) is 10.0. The van der Waals surface area contributed by atoms with Gasteiger partial charge >= 0.3 is 12.0 Å². The first kappa shape index (κ1) is 15.7. The molecule has 21 heavy (non-hydrogen) atoms. The Labute approximate surface area is 128 Å². The first-order valence-corrected chi connectivity index (χ1v) is 8.08. The fourth-order valence-corrected chi connectivity index (χ4v) is 3.92. The predicted octanol–water partition coefficient (Wildman–Crippen LogP) is 3.16. The molecule has 0 aromatic heterocycles. The fourth-order valence-electron chi connectivity index (χ4n) is 2.41. The van der Waals surface area contributed by atoms with Crippen molar-refractivity contribution in [3.63, 3.8) is 0 Å². The summed E-state index contributed by atoms with van der Waals surface area (Å²) < 4.78 is 0. The minimum Gasteiger partial charge on any atom is -0.480 e. The van der Waals surface area contributed by atoms with E-state index in [4.69, 9.17) is 0 Å². The minimum absolute atomic E-state index is 0.0686. The number of carbonyl (C=O) groups excluding carboxylic acids is 1. The van der Waals surface area contributed by atoms with Crippen molar-refractivity contribution in [2.75, 3.05) is 11.1 Å². The molecule has 2 rings (SSSR count). The van der Waals surface area contributed by atoms with Crippen LogP contribution in [0.1, 0.15) is 25.3 Å². The number of carboxylic acid groups (broad SMARTS) is 1. The molecule has 1 fully saturated rings. The lowest BCUT2D eigenvalue weighted by atomic mass is 10.2. The average Bonchev–Trinajstić information content (AvgIpc) is 2.83. The maximum Gasteiger partial charge on any atom is 0.327 e. The van der Waals surface area contributed by atoms with Gasteiger partial charge in [0.1, 0.15) is 6.04 Å². The summed E-state index contributed by atoms with van der Waals surface area (Å²) in [7, 11) is 0. The summed E-state index contributed by atoms with van der Waals surface area (Å²) in [5.74, 6) is -0.498. The molecule has 1 aliphatic heterocycles. The van der Waals surface area contributed by atoms with Crippen LogP contribution in [0.3, 0.4) is 0 Å². The van der Waals surface area contributed by atoms with Crippen LogP contribution in [0.25, 0.3) is 0 Å². The summed E-state index contributed by atoms with van der Waals surface area (Å²) in [5.41, 5.74) is 1.74. The molecule has 0 saturated carbocycles. The Hall–Kier alpha value is -1.69. The van der Waals surface area contributed by atoms with E-state index >= 15 is 0 Å². The van der Waals surface area contributed by atoms with Crippen molar-refractivity contribution >= 4 is 29.4 Å². The van der Waals surface area contributed by atoms with Gasteiger partial charge in [-0.2, -0.15) is 0 Å². The summed E-state index contributed by atoms with van der Waals surface area (Å²) in [6.07, 6.45) is 1.72. The molecular formula is C15H20N2O3S. The van der Waals surface area contributed by atoms with Gasteiger partial charge in [0.25, 0.3) is 0 Å². The maximum atomic E-state index is 12.5. The summed E-state index contributed by atoms with van der Waals surface area (Å²) in [6.45, 7) is 3.98. The predicted molar refractivity (Wildman–Crippen MR) is 84.6 cm³/mol. The van der Waals surface area contributed by atoms with Crippen molar-refractivity contribution < 1.29 is 14.7 Å². The van der Waals surface area contributed by atoms with Crippen molar-refractivity contribution in [3.05, 3.63) is 29.8 Å². The average molecular weight is 308 g/mol. The van der Waals surface area contributed by atoms with Crippen LogP contribution in [0.4, 0.5) is 10.5 Å². The molecule has 114 valence electrons. The van der Waals surface area contributed by atoms with E-state index in [1.165, 1.54) is 16.7 Å². The van der Waals surface area contributed by atoms with Gasteiger partial charge in [-0.3, -0.25) is 4.90 Å². The number of carboxylic acids is 1. The molecule has 0 bridgehead atoms. The number of hydrogen-bond donors (Lipinski definition) is 2. The van der Waals surface area contributed by atoms with Crippen LogP contribution in [0, 0.1) is 6.92 Å². The monoisotopic (exact) mass is 308 g/mol. The van der Waals surface area contributed by atoms with Gasteiger partial charge in [-0.1, -0.05) is 25.5 Å². The van der Waals surface area contributed by atoms with Crippen LogP contribution in [-0.4, -0.2) is 39.2 Å². The Morgan fingerprint density at radius 2 is 2.24 bits per heavy atom. The number of urea groups is 1. The van der Waals surface area contributed by atoms with Gasteiger partial charge in [0, 0.05) is 11.4 Å². The highest BCUT2D eigenvalue weighted by Crippen LogP contribution is 2.32. The van der Waals surface area contributed by atoms with Gasteiger partial charge in [-0.25, -0.2) is 9.59 Å². The lowest BCUT2D eigenvalue weighted by molar-refractivity contribution is -0.141. The van der Waals surface area contributed by atoms with Crippen LogP contribution in [0.2, 0.25) is 0 Å². The van der Waals surface area contributed by atoms with Crippen molar-refractivity contribution in [2.24, 2.45) is 0 Å². The van der Waals surface area contributed by atoms with Crippen molar-refractivity contribution in [3.8, 4) is 0 Å². The second-order valence-electron chi connectivity index (χ2n) is 5.14. The van der Waals surface area contributed by atoms with E-state index in [1.807, 2.05) is 32.0 Å². The number of amides is 2. The van der Waals surface area contributed by atoms with Crippen molar-refractivity contribution in [1.82, 2.24) is 4.90 Å². The summed E-state index contributed by atoms with van der Waals surface area (Å²) in [5, 5.41) is 12.0. The number of benzene rings is 1. The minimum atomic E-state index is -0.944. The molecule has 1 aliphatic rings. The molecule has 6 heteroatoms. The molecule has 0 aliphatic carbocycles. The van der Waals surface area contributed by atoms with Crippen molar-refractivity contribution in [2.45, 2.75) is 38.1 Å². The second-order valence-corrected chi connectivity index (χ2v) is 6.35. The van der Waals surface area contributed by atoms with Crippen molar-refractivity contribution in [1.29, 1.82) is 0 Å². The lowest BCUT2D eigenvalue weighted by Crippen LogP contribution is -2.47. The summed E-state index contributed by atoms with van der Waals surface area (Å²) in [6, 6.07) is 6.39. The molecule has 1 saturated heterocycles. The second kappa shape index (κ2) is 6.85. The van der Waals surface area contributed by atoms with Crippen LogP contribution in [-0.2, 0) is 4.79 Å². The maximum absolute atomic E-state index is 12.5. The van der Waals surface area contributed by atoms with Crippen LogP contribution < -0.4 is 5.32 Å². The molecule has 1 heterocycles. The molecule has 2 atom stereocenters. The lowest BCUT2D eigenvalue weighted by Gasteiger charge is -2.27. The Kier molecular flexibility index (Phi) is 5.12. The van der Waals surface area contributed by atoms with E-state index in [9.17, 15) is 14.7 Å². The largest absolute Gasteiger partial charge is 0.480 e. The molecule has 5 nitrogen and oxygen atoms in total. The Morgan fingerprint density at radius 1 is 1.48 bits per heavy atom. The molecule has 2 amide bonds. The van der Waals surface area contributed by atoms with Crippen LogP contribution in [0.15, 0.2) is 24.3 Å². The number of hydrogen-bond acceptors (Lipinski definition) is 3. The van der Waals surface area contributed by atoms with Crippen LogP contribution in [0.5, 0.6) is 0 Å². The molecular weight excluding hydrogens is 288 g/mol. The molecule has 2 unspecified atom stereocenters. The standard InChI is InChI=1S/C15H20N2O3S/c1-3-5-13-17(12(9-21-13)14(18)19)15(20)16-11-7-4-6-10(2)8-11/h4,6-8,12-13H,3,5,9H2,1-2H3,(H,16,20)(H,18,19). The van der Waals surface area contributed by atoms with E-state index in [2.05, 4.69) is 5.32 Å². The first-order valence-electron chi connectivity index (χ1n) is 7.03. The highest BCUT2D eigenvalue weighted by Gasteiger charge is 2.41. The van der Waals surface area contributed by atoms with Crippen LogP contribution >= 0.6 is 11.8 Å². The molecule has 1 aromatic rings. The number of aliphatic carboxylic acids is 1. The number of anilines is 1. The highest BCUT2D eigenvalue weighted by atomic mass is 32.2. The molecule has 2 N–H and O–H groups in total. The number of thioether (sulfide) groups is 1. The Balaban J connectivity index is 2.14. The van der Waals surface area contributed by atoms with Gasteiger partial charge in [0.2, 0.25) is 0 Å². The van der Waals surface area contributed by atoms with Gasteiger partial charge in [-0.05, 0) is 31.0 Å². The normalized spacial score (nSPS) is 21.3.